The maximum Gasteiger partial charge on any atom is 0.326 e. The number of aliphatic carboxylic acids is 2. The number of halogens is 2. The molecule has 0 aliphatic heterocycles. The van der Waals surface area contributed by atoms with Crippen LogP contribution in [-0.4, -0.2) is 34.1 Å². The summed E-state index contributed by atoms with van der Waals surface area (Å²) in [6.45, 7) is 0. The molecule has 0 saturated heterocycles. The molecule has 0 aromatic heterocycles. The van der Waals surface area contributed by atoms with Gasteiger partial charge in [-0.05, 0) is 18.2 Å². The molecule has 1 aromatic rings. The van der Waals surface area contributed by atoms with Crippen LogP contribution in [0.4, 0.5) is 0 Å². The molecule has 1 amide bonds. The van der Waals surface area contributed by atoms with Gasteiger partial charge < -0.3 is 15.5 Å². The van der Waals surface area contributed by atoms with Crippen LogP contribution in [0.1, 0.15) is 16.8 Å². The van der Waals surface area contributed by atoms with Gasteiger partial charge >= 0.3 is 11.9 Å². The van der Waals surface area contributed by atoms with Crippen LogP contribution in [0.15, 0.2) is 27.1 Å². The molecule has 0 bridgehead atoms. The van der Waals surface area contributed by atoms with Gasteiger partial charge in [-0.2, -0.15) is 0 Å². The van der Waals surface area contributed by atoms with E-state index in [0.717, 1.165) is 0 Å². The normalized spacial score (nSPS) is 11.7. The number of rotatable bonds is 5. The fourth-order valence-corrected chi connectivity index (χ4v) is 2.59. The predicted octanol–water partition coefficient (Wildman–Crippen LogP) is 1.87. The molecule has 102 valence electrons. The quantitative estimate of drug-likeness (QED) is 0.707. The van der Waals surface area contributed by atoms with Gasteiger partial charge in [0.2, 0.25) is 0 Å². The molecule has 6 nitrogen and oxygen atoms in total. The first-order chi connectivity index (χ1) is 8.79. The third-order valence-corrected chi connectivity index (χ3v) is 3.02. The van der Waals surface area contributed by atoms with Crippen molar-refractivity contribution in [2.24, 2.45) is 0 Å². The van der Waals surface area contributed by atoms with E-state index in [2.05, 4.69) is 37.2 Å². The van der Waals surface area contributed by atoms with E-state index in [1.54, 1.807) is 6.07 Å². The van der Waals surface area contributed by atoms with Gasteiger partial charge in [-0.15, -0.1) is 0 Å². The van der Waals surface area contributed by atoms with Gasteiger partial charge in [0.15, 0.2) is 0 Å². The van der Waals surface area contributed by atoms with Crippen molar-refractivity contribution in [1.82, 2.24) is 5.32 Å². The highest BCUT2D eigenvalue weighted by Crippen LogP contribution is 2.20. The lowest BCUT2D eigenvalue weighted by Crippen LogP contribution is -2.42. The average Bonchev–Trinajstić information content (AvgIpc) is 2.25. The minimum atomic E-state index is -1.47. The van der Waals surface area contributed by atoms with Crippen molar-refractivity contribution in [2.75, 3.05) is 0 Å². The Morgan fingerprint density at radius 2 is 1.63 bits per heavy atom. The first kappa shape index (κ1) is 15.6. The lowest BCUT2D eigenvalue weighted by Gasteiger charge is -2.12. The third-order valence-electron chi connectivity index (χ3n) is 2.11. The van der Waals surface area contributed by atoms with Gasteiger partial charge in [-0.3, -0.25) is 9.59 Å². The molecule has 0 saturated carbocycles. The predicted molar refractivity (Wildman–Crippen MR) is 73.0 cm³/mol. The molecule has 1 rings (SSSR count). The van der Waals surface area contributed by atoms with Crippen LogP contribution in [0.3, 0.4) is 0 Å². The Kier molecular flexibility index (Phi) is 5.49. The SMILES string of the molecule is O=C(O)CC(NC(=O)c1cc(Br)cc(Br)c1)C(=O)O. The highest BCUT2D eigenvalue weighted by molar-refractivity contribution is 9.11. The molecule has 8 heteroatoms. The maximum absolute atomic E-state index is 11.8. The Labute approximate surface area is 125 Å². The second kappa shape index (κ2) is 6.67. The summed E-state index contributed by atoms with van der Waals surface area (Å²) in [5, 5.41) is 19.6. The maximum atomic E-state index is 11.8. The number of nitrogens with one attached hydrogen (secondary N) is 1. The molecule has 1 unspecified atom stereocenters. The summed E-state index contributed by atoms with van der Waals surface area (Å²) in [5.74, 6) is -3.36. The Morgan fingerprint density at radius 1 is 1.11 bits per heavy atom. The number of amides is 1. The largest absolute Gasteiger partial charge is 0.481 e. The monoisotopic (exact) mass is 393 g/mol. The Balaban J connectivity index is 2.87. The standard InChI is InChI=1S/C11H9Br2NO5/c12-6-1-5(2-7(13)3-6)10(17)14-8(11(18)19)4-9(15)16/h1-3,8H,4H2,(H,14,17)(H,15,16)(H,18,19). The second-order valence-corrected chi connectivity index (χ2v) is 5.45. The highest BCUT2D eigenvalue weighted by Gasteiger charge is 2.23. The molecule has 0 aliphatic rings. The van der Waals surface area contributed by atoms with Crippen molar-refractivity contribution >= 4 is 49.7 Å². The van der Waals surface area contributed by atoms with Crippen LogP contribution in [0.25, 0.3) is 0 Å². The first-order valence-corrected chi connectivity index (χ1v) is 6.59. The van der Waals surface area contributed by atoms with Crippen molar-refractivity contribution in [3.05, 3.63) is 32.7 Å². The Morgan fingerprint density at radius 3 is 2.05 bits per heavy atom. The highest BCUT2D eigenvalue weighted by atomic mass is 79.9. The van der Waals surface area contributed by atoms with Crippen LogP contribution in [0.2, 0.25) is 0 Å². The molecule has 0 spiro atoms. The minimum Gasteiger partial charge on any atom is -0.481 e. The molecule has 1 atom stereocenters. The zero-order valence-electron chi connectivity index (χ0n) is 9.39. The van der Waals surface area contributed by atoms with Crippen LogP contribution in [0.5, 0.6) is 0 Å². The number of carbonyl (C=O) groups is 3. The molecule has 0 aliphatic carbocycles. The van der Waals surface area contributed by atoms with E-state index in [4.69, 9.17) is 10.2 Å². The van der Waals surface area contributed by atoms with E-state index in [1.807, 2.05) is 0 Å². The average molecular weight is 395 g/mol. The number of hydrogen-bond acceptors (Lipinski definition) is 3. The smallest absolute Gasteiger partial charge is 0.326 e. The molecule has 0 heterocycles. The van der Waals surface area contributed by atoms with E-state index in [9.17, 15) is 14.4 Å². The molecule has 19 heavy (non-hydrogen) atoms. The number of carboxylic acids is 2. The number of benzene rings is 1. The van der Waals surface area contributed by atoms with Gasteiger partial charge in [0.05, 0.1) is 6.42 Å². The van der Waals surface area contributed by atoms with E-state index in [0.29, 0.717) is 8.95 Å². The lowest BCUT2D eigenvalue weighted by molar-refractivity contribution is -0.145. The lowest BCUT2D eigenvalue weighted by atomic mass is 10.1. The van der Waals surface area contributed by atoms with Crippen LogP contribution in [0, 0.1) is 0 Å². The summed E-state index contributed by atoms with van der Waals surface area (Å²) in [5.41, 5.74) is 0.220. The van der Waals surface area contributed by atoms with Gasteiger partial charge in [-0.25, -0.2) is 4.79 Å². The summed E-state index contributed by atoms with van der Waals surface area (Å²) >= 11 is 6.39. The van der Waals surface area contributed by atoms with Crippen LogP contribution < -0.4 is 5.32 Å². The van der Waals surface area contributed by atoms with E-state index >= 15 is 0 Å². The van der Waals surface area contributed by atoms with Gasteiger partial charge in [0, 0.05) is 14.5 Å². The van der Waals surface area contributed by atoms with Gasteiger partial charge in [0.1, 0.15) is 6.04 Å². The Bertz CT molecular complexity index is 512. The van der Waals surface area contributed by atoms with Crippen molar-refractivity contribution in [1.29, 1.82) is 0 Å². The zero-order chi connectivity index (χ0) is 14.6. The molecule has 3 N–H and O–H groups in total. The van der Waals surface area contributed by atoms with Crippen molar-refractivity contribution in [3.63, 3.8) is 0 Å². The van der Waals surface area contributed by atoms with E-state index < -0.39 is 30.3 Å². The summed E-state index contributed by atoms with van der Waals surface area (Å²) < 4.78 is 1.27. The summed E-state index contributed by atoms with van der Waals surface area (Å²) in [4.78, 5) is 33.2. The summed E-state index contributed by atoms with van der Waals surface area (Å²) in [7, 11) is 0. The zero-order valence-corrected chi connectivity index (χ0v) is 12.6. The minimum absolute atomic E-state index is 0.220. The Hall–Kier alpha value is -1.41. The molecule has 1 aromatic carbocycles. The fourth-order valence-electron chi connectivity index (χ4n) is 1.30. The topological polar surface area (TPSA) is 104 Å². The first-order valence-electron chi connectivity index (χ1n) is 5.01. The van der Waals surface area contributed by atoms with Gasteiger partial charge in [0.25, 0.3) is 5.91 Å². The summed E-state index contributed by atoms with van der Waals surface area (Å²) in [6, 6.07) is 3.24. The third kappa shape index (κ3) is 4.99. The van der Waals surface area contributed by atoms with Crippen LogP contribution >= 0.6 is 31.9 Å². The van der Waals surface area contributed by atoms with E-state index in [-0.39, 0.29) is 5.56 Å². The van der Waals surface area contributed by atoms with Crippen LogP contribution in [-0.2, 0) is 9.59 Å². The number of carboxylic acid groups (broad SMARTS) is 2. The molecular formula is C11H9Br2NO5. The summed E-state index contributed by atoms with van der Waals surface area (Å²) in [6.07, 6.45) is -0.684. The number of hydrogen-bond donors (Lipinski definition) is 3. The second-order valence-electron chi connectivity index (χ2n) is 3.62. The van der Waals surface area contributed by atoms with Crippen molar-refractivity contribution in [2.45, 2.75) is 12.5 Å². The van der Waals surface area contributed by atoms with Gasteiger partial charge in [-0.1, -0.05) is 31.9 Å². The van der Waals surface area contributed by atoms with E-state index in [1.165, 1.54) is 12.1 Å². The van der Waals surface area contributed by atoms with Crippen molar-refractivity contribution in [3.8, 4) is 0 Å². The molecule has 0 radical (unpaired) electrons. The molecule has 0 fully saturated rings. The number of carbonyl (C=O) groups excluding carboxylic acids is 1. The fraction of sp³-hybridized carbons (Fsp3) is 0.182. The van der Waals surface area contributed by atoms with Crippen molar-refractivity contribution < 1.29 is 24.6 Å². The molecular weight excluding hydrogens is 386 g/mol.